The Morgan fingerprint density at radius 2 is 1.47 bits per heavy atom. The van der Waals surface area contributed by atoms with E-state index in [0.29, 0.717) is 29.2 Å². The van der Waals surface area contributed by atoms with E-state index in [4.69, 9.17) is 0 Å². The minimum Gasteiger partial charge on any atom is -0.301 e. The summed E-state index contributed by atoms with van der Waals surface area (Å²) < 4.78 is 0. The zero-order chi connectivity index (χ0) is 23.8. The monoisotopic (exact) mass is 496 g/mol. The summed E-state index contributed by atoms with van der Waals surface area (Å²) in [5.41, 5.74) is 1.04. The number of nitrogens with one attached hydrogen (secondary N) is 1. The lowest BCUT2D eigenvalue weighted by Gasteiger charge is -2.13. The van der Waals surface area contributed by atoms with Gasteiger partial charge in [-0.05, 0) is 36.4 Å². The lowest BCUT2D eigenvalue weighted by molar-refractivity contribution is -0.116. The topological polar surface area (TPSA) is 92.3 Å². The van der Waals surface area contributed by atoms with Crippen molar-refractivity contribution in [2.24, 2.45) is 0 Å². The molecule has 4 rings (SSSR count). The SMILES string of the molecule is O=C(CCCCCCCCCCN1C(=O)c2ccccc2C1=O)Nc1nnc(-c2cccs2)s1. The Morgan fingerprint density at radius 1 is 0.824 bits per heavy atom. The van der Waals surface area contributed by atoms with Gasteiger partial charge >= 0.3 is 0 Å². The van der Waals surface area contributed by atoms with Crippen LogP contribution >= 0.6 is 22.7 Å². The number of benzene rings is 1. The summed E-state index contributed by atoms with van der Waals surface area (Å²) in [6.45, 7) is 0.491. The summed E-state index contributed by atoms with van der Waals surface area (Å²) in [4.78, 5) is 39.2. The van der Waals surface area contributed by atoms with Crippen molar-refractivity contribution in [1.82, 2.24) is 15.1 Å². The van der Waals surface area contributed by atoms with Gasteiger partial charge in [0.2, 0.25) is 11.0 Å². The molecule has 34 heavy (non-hydrogen) atoms. The zero-order valence-electron chi connectivity index (χ0n) is 19.0. The Bertz CT molecular complexity index is 1090. The van der Waals surface area contributed by atoms with Gasteiger partial charge in [-0.2, -0.15) is 0 Å². The standard InChI is InChI=1S/C25H28N4O3S2/c30-21(26-25-28-27-22(34-25)20-14-11-17-33-20)15-7-5-3-1-2-4-6-10-16-29-23(31)18-12-8-9-13-19(18)24(29)32/h8-9,11-14,17H,1-7,10,15-16H2,(H,26,28,30). The normalized spacial score (nSPS) is 12.9. The van der Waals surface area contributed by atoms with Crippen LogP contribution in [0, 0.1) is 0 Å². The molecule has 3 aromatic rings. The van der Waals surface area contributed by atoms with Gasteiger partial charge in [0.1, 0.15) is 0 Å². The van der Waals surface area contributed by atoms with Crippen LogP contribution in [0.1, 0.15) is 78.5 Å². The fraction of sp³-hybridized carbons (Fsp3) is 0.400. The van der Waals surface area contributed by atoms with Crippen LogP contribution < -0.4 is 5.32 Å². The fourth-order valence-electron chi connectivity index (χ4n) is 4.01. The molecule has 178 valence electrons. The minimum atomic E-state index is -0.168. The van der Waals surface area contributed by atoms with Crippen molar-refractivity contribution >= 4 is 45.5 Å². The van der Waals surface area contributed by atoms with Crippen LogP contribution in [-0.2, 0) is 4.79 Å². The number of nitrogens with zero attached hydrogens (tertiary/aromatic N) is 3. The first-order valence-electron chi connectivity index (χ1n) is 11.8. The van der Waals surface area contributed by atoms with E-state index in [0.717, 1.165) is 61.3 Å². The molecule has 1 N–H and O–H groups in total. The van der Waals surface area contributed by atoms with E-state index in [1.54, 1.807) is 35.6 Å². The van der Waals surface area contributed by atoms with Crippen LogP contribution in [0.3, 0.4) is 0 Å². The molecule has 3 heterocycles. The van der Waals surface area contributed by atoms with Gasteiger partial charge in [-0.15, -0.1) is 21.5 Å². The number of thiophene rings is 1. The van der Waals surface area contributed by atoms with Crippen LogP contribution in [0.5, 0.6) is 0 Å². The molecule has 0 unspecified atom stereocenters. The number of amides is 3. The summed E-state index contributed by atoms with van der Waals surface area (Å²) in [5.74, 6) is -0.348. The second-order valence-corrected chi connectivity index (χ2v) is 10.2. The average Bonchev–Trinajstić information content (AvgIpc) is 3.58. The molecule has 0 atom stereocenters. The molecule has 0 saturated carbocycles. The minimum absolute atomic E-state index is 0.0120. The molecule has 1 aliphatic rings. The van der Waals surface area contributed by atoms with Crippen molar-refractivity contribution in [3.63, 3.8) is 0 Å². The molecule has 9 heteroatoms. The van der Waals surface area contributed by atoms with Gasteiger partial charge in [0, 0.05) is 13.0 Å². The number of fused-ring (bicyclic) bond motifs is 1. The van der Waals surface area contributed by atoms with Gasteiger partial charge in [-0.1, -0.05) is 68.1 Å². The molecular formula is C25H28N4O3S2. The van der Waals surface area contributed by atoms with Crippen molar-refractivity contribution in [3.05, 3.63) is 52.9 Å². The van der Waals surface area contributed by atoms with E-state index < -0.39 is 0 Å². The summed E-state index contributed by atoms with van der Waals surface area (Å²) in [6, 6.07) is 11.0. The van der Waals surface area contributed by atoms with E-state index in [-0.39, 0.29) is 17.7 Å². The van der Waals surface area contributed by atoms with E-state index >= 15 is 0 Å². The second-order valence-electron chi connectivity index (χ2n) is 8.32. The maximum absolute atomic E-state index is 12.3. The highest BCUT2D eigenvalue weighted by Gasteiger charge is 2.34. The summed E-state index contributed by atoms with van der Waals surface area (Å²) >= 11 is 3.00. The average molecular weight is 497 g/mol. The third-order valence-electron chi connectivity index (χ3n) is 5.82. The number of rotatable bonds is 13. The van der Waals surface area contributed by atoms with Crippen molar-refractivity contribution in [2.45, 2.75) is 57.8 Å². The smallest absolute Gasteiger partial charge is 0.261 e. The molecule has 1 aromatic carbocycles. The van der Waals surface area contributed by atoms with Gasteiger partial charge in [-0.25, -0.2) is 0 Å². The first kappa shape index (κ1) is 24.2. The van der Waals surface area contributed by atoms with Crippen LogP contribution in [0.15, 0.2) is 41.8 Å². The van der Waals surface area contributed by atoms with Gasteiger partial charge in [0.25, 0.3) is 11.8 Å². The van der Waals surface area contributed by atoms with Crippen molar-refractivity contribution in [3.8, 4) is 9.88 Å². The number of carbonyl (C=O) groups excluding carboxylic acids is 3. The van der Waals surface area contributed by atoms with Gasteiger partial charge in [0.15, 0.2) is 5.01 Å². The predicted octanol–water partition coefficient (Wildman–Crippen LogP) is 6.01. The lowest BCUT2D eigenvalue weighted by Crippen LogP contribution is -2.30. The maximum Gasteiger partial charge on any atom is 0.261 e. The number of imide groups is 1. The Labute approximate surface area is 207 Å². The first-order valence-corrected chi connectivity index (χ1v) is 13.5. The van der Waals surface area contributed by atoms with Crippen molar-refractivity contribution in [1.29, 1.82) is 0 Å². The fourth-order valence-corrected chi connectivity index (χ4v) is 5.57. The predicted molar refractivity (Wildman–Crippen MR) is 135 cm³/mol. The Balaban J connectivity index is 1.01. The summed E-state index contributed by atoms with van der Waals surface area (Å²) in [7, 11) is 0. The largest absolute Gasteiger partial charge is 0.301 e. The third-order valence-corrected chi connectivity index (χ3v) is 7.69. The van der Waals surface area contributed by atoms with Gasteiger partial charge in [-0.3, -0.25) is 19.3 Å². The van der Waals surface area contributed by atoms with Crippen LogP contribution in [-0.4, -0.2) is 39.4 Å². The molecule has 0 radical (unpaired) electrons. The quantitative estimate of drug-likeness (QED) is 0.231. The zero-order valence-corrected chi connectivity index (χ0v) is 20.6. The molecule has 0 bridgehead atoms. The van der Waals surface area contributed by atoms with E-state index in [2.05, 4.69) is 15.5 Å². The van der Waals surface area contributed by atoms with Gasteiger partial charge < -0.3 is 5.32 Å². The van der Waals surface area contributed by atoms with Crippen molar-refractivity contribution < 1.29 is 14.4 Å². The van der Waals surface area contributed by atoms with Crippen LogP contribution in [0.4, 0.5) is 5.13 Å². The number of hydrogen-bond donors (Lipinski definition) is 1. The molecule has 0 fully saturated rings. The highest BCUT2D eigenvalue weighted by atomic mass is 32.1. The van der Waals surface area contributed by atoms with E-state index in [1.807, 2.05) is 17.5 Å². The first-order chi connectivity index (χ1) is 16.6. The maximum atomic E-state index is 12.3. The lowest BCUT2D eigenvalue weighted by atomic mass is 10.1. The Hall–Kier alpha value is -2.91. The summed E-state index contributed by atoms with van der Waals surface area (Å²) in [6.07, 6.45) is 8.69. The molecule has 1 aliphatic heterocycles. The number of aromatic nitrogens is 2. The van der Waals surface area contributed by atoms with Crippen LogP contribution in [0.2, 0.25) is 0 Å². The second kappa shape index (κ2) is 12.0. The number of anilines is 1. The molecule has 7 nitrogen and oxygen atoms in total. The third kappa shape index (κ3) is 6.15. The number of carbonyl (C=O) groups is 3. The molecular weight excluding hydrogens is 468 g/mol. The summed E-state index contributed by atoms with van der Waals surface area (Å²) in [5, 5.41) is 14.4. The molecule has 0 spiro atoms. The highest BCUT2D eigenvalue weighted by molar-refractivity contribution is 7.23. The molecule has 3 amide bonds. The van der Waals surface area contributed by atoms with Crippen molar-refractivity contribution in [2.75, 3.05) is 11.9 Å². The van der Waals surface area contributed by atoms with Crippen LogP contribution in [0.25, 0.3) is 9.88 Å². The molecule has 0 aliphatic carbocycles. The molecule has 2 aromatic heterocycles. The van der Waals surface area contributed by atoms with Gasteiger partial charge in [0.05, 0.1) is 16.0 Å². The van der Waals surface area contributed by atoms with E-state index in [9.17, 15) is 14.4 Å². The number of unbranched alkanes of at least 4 members (excludes halogenated alkanes) is 7. The molecule has 0 saturated heterocycles. The highest BCUT2D eigenvalue weighted by Crippen LogP contribution is 2.29. The number of hydrogen-bond acceptors (Lipinski definition) is 7. The Kier molecular flexibility index (Phi) is 8.54. The van der Waals surface area contributed by atoms with E-state index in [1.165, 1.54) is 16.2 Å². The Morgan fingerprint density at radius 3 is 2.12 bits per heavy atom.